The number of morpholine rings is 1. The molecular formula is C13H26N2O2. The van der Waals surface area contributed by atoms with Crippen LogP contribution in [-0.2, 0) is 9.47 Å². The molecule has 17 heavy (non-hydrogen) atoms. The molecule has 1 N–H and O–H groups in total. The fourth-order valence-corrected chi connectivity index (χ4v) is 2.53. The summed E-state index contributed by atoms with van der Waals surface area (Å²) in [7, 11) is 0. The van der Waals surface area contributed by atoms with E-state index in [9.17, 15) is 0 Å². The molecule has 0 aromatic heterocycles. The lowest BCUT2D eigenvalue weighted by Crippen LogP contribution is -2.50. The van der Waals surface area contributed by atoms with Crippen LogP contribution in [0, 0.1) is 0 Å². The first-order chi connectivity index (χ1) is 8.25. The minimum absolute atomic E-state index is 0.356. The van der Waals surface area contributed by atoms with Gasteiger partial charge in [-0.1, -0.05) is 0 Å². The fourth-order valence-electron chi connectivity index (χ4n) is 2.53. The number of nitrogens with zero attached hydrogens (tertiary/aromatic N) is 1. The third-order valence-corrected chi connectivity index (χ3v) is 3.76. The van der Waals surface area contributed by atoms with Gasteiger partial charge in [0.1, 0.15) is 0 Å². The predicted octanol–water partition coefficient (Wildman–Crippen LogP) is 0.864. The molecule has 2 rings (SSSR count). The van der Waals surface area contributed by atoms with Crippen LogP contribution < -0.4 is 5.32 Å². The lowest BCUT2D eigenvalue weighted by molar-refractivity contribution is -0.0397. The molecule has 4 nitrogen and oxygen atoms in total. The van der Waals surface area contributed by atoms with Gasteiger partial charge >= 0.3 is 0 Å². The Kier molecular flexibility index (Phi) is 5.22. The van der Waals surface area contributed by atoms with E-state index in [-0.39, 0.29) is 0 Å². The van der Waals surface area contributed by atoms with Gasteiger partial charge in [-0.25, -0.2) is 0 Å². The third kappa shape index (κ3) is 4.21. The van der Waals surface area contributed by atoms with E-state index >= 15 is 0 Å². The van der Waals surface area contributed by atoms with Gasteiger partial charge in [-0.05, 0) is 26.7 Å². The Morgan fingerprint density at radius 3 is 2.71 bits per heavy atom. The Morgan fingerprint density at radius 2 is 2.00 bits per heavy atom. The molecule has 0 aromatic rings. The molecule has 0 bridgehead atoms. The van der Waals surface area contributed by atoms with E-state index in [2.05, 4.69) is 24.1 Å². The van der Waals surface area contributed by atoms with Crippen LogP contribution in [0.25, 0.3) is 0 Å². The minimum atomic E-state index is 0.356. The predicted molar refractivity (Wildman–Crippen MR) is 68.3 cm³/mol. The fraction of sp³-hybridized carbons (Fsp3) is 1.00. The topological polar surface area (TPSA) is 33.7 Å². The lowest BCUT2D eigenvalue weighted by atomic mass is 10.1. The highest BCUT2D eigenvalue weighted by atomic mass is 16.5. The smallest absolute Gasteiger partial charge is 0.0826 e. The zero-order valence-corrected chi connectivity index (χ0v) is 11.2. The molecule has 2 heterocycles. The number of ether oxygens (including phenoxy) is 2. The number of rotatable bonds is 4. The largest absolute Gasteiger partial charge is 0.381 e. The molecule has 0 saturated carbocycles. The second-order valence-electron chi connectivity index (χ2n) is 5.38. The molecular weight excluding hydrogens is 216 g/mol. The highest BCUT2D eigenvalue weighted by Crippen LogP contribution is 2.10. The van der Waals surface area contributed by atoms with Gasteiger partial charge in [-0.3, -0.25) is 4.90 Å². The number of nitrogens with one attached hydrogen (secondary N) is 1. The third-order valence-electron chi connectivity index (χ3n) is 3.76. The van der Waals surface area contributed by atoms with Crippen LogP contribution in [0.15, 0.2) is 0 Å². The van der Waals surface area contributed by atoms with Crippen LogP contribution in [0.3, 0.4) is 0 Å². The first-order valence-electron chi connectivity index (χ1n) is 6.92. The van der Waals surface area contributed by atoms with Crippen LogP contribution in [0.2, 0.25) is 0 Å². The van der Waals surface area contributed by atoms with E-state index < -0.39 is 0 Å². The van der Waals surface area contributed by atoms with Crippen molar-refractivity contribution in [2.45, 2.75) is 44.9 Å². The minimum Gasteiger partial charge on any atom is -0.381 e. The van der Waals surface area contributed by atoms with Crippen molar-refractivity contribution in [2.24, 2.45) is 0 Å². The average Bonchev–Trinajstić information content (AvgIpc) is 2.38. The summed E-state index contributed by atoms with van der Waals surface area (Å²) in [5.41, 5.74) is 0. The van der Waals surface area contributed by atoms with Crippen molar-refractivity contribution in [3.8, 4) is 0 Å². The summed E-state index contributed by atoms with van der Waals surface area (Å²) in [6.45, 7) is 10.3. The van der Waals surface area contributed by atoms with Gasteiger partial charge in [0.2, 0.25) is 0 Å². The van der Waals surface area contributed by atoms with Gasteiger partial charge in [0, 0.05) is 44.9 Å². The standard InChI is InChI=1S/C13H26N2O2/c1-11(2)15-5-8-17-13(10-15)9-14-12-3-6-16-7-4-12/h11-14H,3-10H2,1-2H3. The second-order valence-corrected chi connectivity index (χ2v) is 5.38. The van der Waals surface area contributed by atoms with E-state index in [0.717, 1.165) is 52.3 Å². The lowest BCUT2D eigenvalue weighted by Gasteiger charge is -2.36. The molecule has 2 aliphatic heterocycles. The Labute approximate surface area is 105 Å². The quantitative estimate of drug-likeness (QED) is 0.793. The van der Waals surface area contributed by atoms with Crippen molar-refractivity contribution >= 4 is 0 Å². The summed E-state index contributed by atoms with van der Waals surface area (Å²) in [6.07, 6.45) is 2.63. The van der Waals surface area contributed by atoms with Crippen LogP contribution in [0.1, 0.15) is 26.7 Å². The first-order valence-corrected chi connectivity index (χ1v) is 6.92. The maximum Gasteiger partial charge on any atom is 0.0826 e. The maximum absolute atomic E-state index is 5.81. The molecule has 0 spiro atoms. The highest BCUT2D eigenvalue weighted by Gasteiger charge is 2.23. The first kappa shape index (κ1) is 13.3. The number of hydrogen-bond donors (Lipinski definition) is 1. The number of hydrogen-bond acceptors (Lipinski definition) is 4. The molecule has 0 amide bonds. The van der Waals surface area contributed by atoms with Gasteiger partial charge in [0.15, 0.2) is 0 Å². The van der Waals surface area contributed by atoms with E-state index in [1.807, 2.05) is 0 Å². The summed E-state index contributed by atoms with van der Waals surface area (Å²) in [6, 6.07) is 1.26. The Hall–Kier alpha value is -0.160. The van der Waals surface area contributed by atoms with E-state index in [0.29, 0.717) is 18.2 Å². The van der Waals surface area contributed by atoms with Gasteiger partial charge < -0.3 is 14.8 Å². The summed E-state index contributed by atoms with van der Waals surface area (Å²) in [5.74, 6) is 0. The van der Waals surface area contributed by atoms with Gasteiger partial charge in [-0.2, -0.15) is 0 Å². The normalized spacial score (nSPS) is 28.8. The van der Waals surface area contributed by atoms with Crippen LogP contribution in [0.5, 0.6) is 0 Å². The van der Waals surface area contributed by atoms with Crippen molar-refractivity contribution in [3.63, 3.8) is 0 Å². The maximum atomic E-state index is 5.81. The van der Waals surface area contributed by atoms with E-state index in [4.69, 9.17) is 9.47 Å². The molecule has 1 unspecified atom stereocenters. The van der Waals surface area contributed by atoms with Crippen molar-refractivity contribution < 1.29 is 9.47 Å². The Balaban J connectivity index is 1.67. The molecule has 1 atom stereocenters. The molecule has 100 valence electrons. The van der Waals surface area contributed by atoms with Crippen molar-refractivity contribution in [3.05, 3.63) is 0 Å². The van der Waals surface area contributed by atoms with Crippen LogP contribution in [-0.4, -0.2) is 62.5 Å². The molecule has 2 aliphatic rings. The molecule has 0 radical (unpaired) electrons. The molecule has 4 heteroatoms. The summed E-state index contributed by atoms with van der Waals surface area (Å²) < 4.78 is 11.2. The zero-order chi connectivity index (χ0) is 12.1. The van der Waals surface area contributed by atoms with Gasteiger partial charge in [-0.15, -0.1) is 0 Å². The Morgan fingerprint density at radius 1 is 1.24 bits per heavy atom. The van der Waals surface area contributed by atoms with Crippen LogP contribution in [0.4, 0.5) is 0 Å². The summed E-state index contributed by atoms with van der Waals surface area (Å²) in [4.78, 5) is 2.50. The molecule has 0 aromatic carbocycles. The van der Waals surface area contributed by atoms with E-state index in [1.54, 1.807) is 0 Å². The van der Waals surface area contributed by atoms with Gasteiger partial charge in [0.25, 0.3) is 0 Å². The van der Waals surface area contributed by atoms with Crippen LogP contribution >= 0.6 is 0 Å². The Bertz CT molecular complexity index is 217. The zero-order valence-electron chi connectivity index (χ0n) is 11.2. The molecule has 2 fully saturated rings. The average molecular weight is 242 g/mol. The van der Waals surface area contributed by atoms with Crippen molar-refractivity contribution in [1.82, 2.24) is 10.2 Å². The SMILES string of the molecule is CC(C)N1CCOC(CNC2CCOCC2)C1. The summed E-state index contributed by atoms with van der Waals surface area (Å²) >= 11 is 0. The second kappa shape index (κ2) is 6.69. The highest BCUT2D eigenvalue weighted by molar-refractivity contribution is 4.78. The monoisotopic (exact) mass is 242 g/mol. The molecule has 2 saturated heterocycles. The molecule has 0 aliphatic carbocycles. The van der Waals surface area contributed by atoms with Crippen molar-refractivity contribution in [2.75, 3.05) is 39.5 Å². The summed E-state index contributed by atoms with van der Waals surface area (Å²) in [5, 5.41) is 3.62. The van der Waals surface area contributed by atoms with E-state index in [1.165, 1.54) is 0 Å². The van der Waals surface area contributed by atoms with Crippen molar-refractivity contribution in [1.29, 1.82) is 0 Å². The van der Waals surface area contributed by atoms with Gasteiger partial charge in [0.05, 0.1) is 12.7 Å².